The lowest BCUT2D eigenvalue weighted by Gasteiger charge is -2.42. The average molecular weight is 522 g/mol. The second-order valence-electron chi connectivity index (χ2n) is 11.6. The molecule has 0 spiro atoms. The van der Waals surface area contributed by atoms with E-state index in [4.69, 9.17) is 9.47 Å². The number of H-pyrrole nitrogens is 1. The van der Waals surface area contributed by atoms with Crippen LogP contribution in [0.2, 0.25) is 0 Å². The number of aromatic amines is 1. The van der Waals surface area contributed by atoms with Gasteiger partial charge in [-0.3, -0.25) is 0 Å². The first kappa shape index (κ1) is 27.0. The summed E-state index contributed by atoms with van der Waals surface area (Å²) >= 11 is 0. The monoisotopic (exact) mass is 521 g/mol. The number of likely N-dealkylation sites (tertiary alicyclic amines) is 2. The second kappa shape index (κ2) is 11.7. The number of ether oxygens (including phenoxy) is 2. The summed E-state index contributed by atoms with van der Waals surface area (Å²) in [6.07, 6.45) is 5.58. The molecule has 2 fully saturated rings. The lowest BCUT2D eigenvalue weighted by Crippen LogP contribution is -2.48. The van der Waals surface area contributed by atoms with Crippen molar-refractivity contribution in [2.45, 2.75) is 64.8 Å². The molecule has 2 aliphatic heterocycles. The molecule has 1 aromatic heterocycles. The number of nitrogens with one attached hydrogen (secondary N) is 1. The van der Waals surface area contributed by atoms with Gasteiger partial charge in [0.15, 0.2) is 11.5 Å². The van der Waals surface area contributed by atoms with Crippen LogP contribution >= 0.6 is 0 Å². The summed E-state index contributed by atoms with van der Waals surface area (Å²) in [4.78, 5) is 8.74. The van der Waals surface area contributed by atoms with E-state index in [2.05, 4.69) is 41.6 Å². The summed E-state index contributed by atoms with van der Waals surface area (Å²) in [5, 5.41) is 1.01. The zero-order valence-corrected chi connectivity index (χ0v) is 23.8. The van der Waals surface area contributed by atoms with E-state index in [0.717, 1.165) is 66.0 Å². The molecular weight excluding hydrogens is 477 g/mol. The number of halogens is 1. The molecule has 0 radical (unpaired) electrons. The molecule has 5 nitrogen and oxygen atoms in total. The van der Waals surface area contributed by atoms with Crippen molar-refractivity contribution in [3.05, 3.63) is 47.3 Å². The number of piperidine rings is 2. The molecule has 0 bridgehead atoms. The van der Waals surface area contributed by atoms with Gasteiger partial charge in [-0.05, 0) is 112 Å². The maximum absolute atomic E-state index is 15.5. The molecule has 1 N–H and O–H groups in total. The van der Waals surface area contributed by atoms with Crippen LogP contribution in [0.3, 0.4) is 0 Å². The number of fused-ring (bicyclic) bond motifs is 1. The maximum Gasteiger partial charge on any atom is 0.161 e. The van der Waals surface area contributed by atoms with Crippen LogP contribution in [0.1, 0.15) is 63.5 Å². The molecule has 0 saturated carbocycles. The van der Waals surface area contributed by atoms with Crippen LogP contribution in [0.25, 0.3) is 22.2 Å². The first-order valence-corrected chi connectivity index (χ1v) is 14.4. The van der Waals surface area contributed by atoms with Gasteiger partial charge in [-0.25, -0.2) is 4.39 Å². The van der Waals surface area contributed by atoms with Crippen LogP contribution in [-0.4, -0.2) is 67.8 Å². The van der Waals surface area contributed by atoms with E-state index in [9.17, 15) is 0 Å². The van der Waals surface area contributed by atoms with E-state index in [-0.39, 0.29) is 5.82 Å². The Balaban J connectivity index is 1.33. The number of nitrogens with zero attached hydrogens (tertiary/aromatic N) is 2. The zero-order chi connectivity index (χ0) is 26.8. The fourth-order valence-corrected chi connectivity index (χ4v) is 6.75. The highest BCUT2D eigenvalue weighted by Gasteiger charge is 2.29. The molecule has 0 unspecified atom stereocenters. The van der Waals surface area contributed by atoms with Crippen LogP contribution in [-0.2, 0) is 6.42 Å². The smallest absolute Gasteiger partial charge is 0.161 e. The molecule has 0 atom stereocenters. The van der Waals surface area contributed by atoms with Crippen LogP contribution in [0, 0.1) is 11.7 Å². The summed E-state index contributed by atoms with van der Waals surface area (Å²) < 4.78 is 26.4. The molecule has 2 saturated heterocycles. The fraction of sp³-hybridized carbons (Fsp3) is 0.562. The fourth-order valence-electron chi connectivity index (χ4n) is 6.75. The van der Waals surface area contributed by atoms with Crippen LogP contribution < -0.4 is 9.47 Å². The lowest BCUT2D eigenvalue weighted by atomic mass is 9.87. The Morgan fingerprint density at radius 2 is 1.66 bits per heavy atom. The SMILES string of the molecule is CCc1c(-c2ccc(OC)c(OC)c2)[nH]c2c(F)cc(C3CCN(C4CCN(CC(C)C)CC4)CC3)cc12. The van der Waals surface area contributed by atoms with E-state index in [0.29, 0.717) is 29.0 Å². The van der Waals surface area contributed by atoms with E-state index in [1.807, 2.05) is 18.2 Å². The Morgan fingerprint density at radius 3 is 2.29 bits per heavy atom. The Kier molecular flexibility index (Phi) is 8.29. The highest BCUT2D eigenvalue weighted by molar-refractivity contribution is 5.92. The minimum atomic E-state index is -0.154. The molecule has 3 aromatic rings. The molecule has 3 heterocycles. The van der Waals surface area contributed by atoms with Crippen molar-refractivity contribution in [3.8, 4) is 22.8 Å². The molecule has 6 heteroatoms. The van der Waals surface area contributed by atoms with E-state index in [1.165, 1.54) is 32.5 Å². The molecule has 2 aliphatic rings. The Hall–Kier alpha value is -2.57. The summed E-state index contributed by atoms with van der Waals surface area (Å²) in [6, 6.07) is 10.6. The molecule has 0 amide bonds. The summed E-state index contributed by atoms with van der Waals surface area (Å²) in [6.45, 7) is 12.7. The minimum absolute atomic E-state index is 0.154. The molecule has 206 valence electrons. The normalized spacial score (nSPS) is 18.5. The van der Waals surface area contributed by atoms with Crippen molar-refractivity contribution < 1.29 is 13.9 Å². The highest BCUT2D eigenvalue weighted by atomic mass is 19.1. The van der Waals surface area contributed by atoms with Crippen LogP contribution in [0.4, 0.5) is 4.39 Å². The predicted octanol–water partition coefficient (Wildman–Crippen LogP) is 6.85. The van der Waals surface area contributed by atoms with Gasteiger partial charge in [0.1, 0.15) is 5.82 Å². The molecular formula is C32H44FN3O2. The Labute approximate surface area is 227 Å². The first-order chi connectivity index (χ1) is 18.4. The van der Waals surface area contributed by atoms with Gasteiger partial charge < -0.3 is 24.3 Å². The Morgan fingerprint density at radius 1 is 0.947 bits per heavy atom. The predicted molar refractivity (Wildman–Crippen MR) is 154 cm³/mol. The number of hydrogen-bond donors (Lipinski definition) is 1. The summed E-state index contributed by atoms with van der Waals surface area (Å²) in [7, 11) is 3.27. The number of aromatic nitrogens is 1. The number of benzene rings is 2. The third-order valence-electron chi connectivity index (χ3n) is 8.71. The van der Waals surface area contributed by atoms with E-state index < -0.39 is 0 Å². The second-order valence-corrected chi connectivity index (χ2v) is 11.6. The number of rotatable bonds is 8. The van der Waals surface area contributed by atoms with Crippen molar-refractivity contribution in [2.24, 2.45) is 5.92 Å². The van der Waals surface area contributed by atoms with Gasteiger partial charge in [0, 0.05) is 29.2 Å². The van der Waals surface area contributed by atoms with Gasteiger partial charge in [-0.15, -0.1) is 0 Å². The highest BCUT2D eigenvalue weighted by Crippen LogP contribution is 2.39. The Bertz CT molecular complexity index is 1240. The number of hydrogen-bond acceptors (Lipinski definition) is 4. The van der Waals surface area contributed by atoms with Crippen molar-refractivity contribution >= 4 is 10.9 Å². The van der Waals surface area contributed by atoms with Crippen molar-refractivity contribution in [2.75, 3.05) is 46.9 Å². The van der Waals surface area contributed by atoms with Gasteiger partial charge >= 0.3 is 0 Å². The third kappa shape index (κ3) is 5.43. The van der Waals surface area contributed by atoms with Gasteiger partial charge in [0.2, 0.25) is 0 Å². The van der Waals surface area contributed by atoms with Crippen LogP contribution in [0.5, 0.6) is 11.5 Å². The number of aryl methyl sites for hydroxylation is 1. The minimum Gasteiger partial charge on any atom is -0.493 e. The molecule has 38 heavy (non-hydrogen) atoms. The van der Waals surface area contributed by atoms with Gasteiger partial charge in [-0.1, -0.05) is 20.8 Å². The largest absolute Gasteiger partial charge is 0.493 e. The van der Waals surface area contributed by atoms with Crippen molar-refractivity contribution in [3.63, 3.8) is 0 Å². The summed E-state index contributed by atoms with van der Waals surface area (Å²) in [5.41, 5.74) is 4.83. The average Bonchev–Trinajstić information content (AvgIpc) is 3.32. The topological polar surface area (TPSA) is 40.7 Å². The van der Waals surface area contributed by atoms with Crippen molar-refractivity contribution in [1.29, 1.82) is 0 Å². The zero-order valence-electron chi connectivity index (χ0n) is 23.8. The third-order valence-corrected chi connectivity index (χ3v) is 8.71. The van der Waals surface area contributed by atoms with E-state index >= 15 is 4.39 Å². The summed E-state index contributed by atoms with van der Waals surface area (Å²) in [5.74, 6) is 2.35. The standard InChI is InChI=1S/C32H44FN3O2/c1-6-26-27-17-24(22-9-15-36(16-10-22)25-11-13-35(14-12-25)20-21(2)3)18-28(33)32(27)34-31(26)23-7-8-29(37-4)30(19-23)38-5/h7-8,17-19,21-22,25,34H,6,9-16,20H2,1-5H3. The first-order valence-electron chi connectivity index (χ1n) is 14.4. The quantitative estimate of drug-likeness (QED) is 0.352. The van der Waals surface area contributed by atoms with Gasteiger partial charge in [-0.2, -0.15) is 0 Å². The van der Waals surface area contributed by atoms with Gasteiger partial charge in [0.25, 0.3) is 0 Å². The number of methoxy groups -OCH3 is 2. The van der Waals surface area contributed by atoms with E-state index in [1.54, 1.807) is 20.3 Å². The lowest BCUT2D eigenvalue weighted by molar-refractivity contribution is 0.0828. The van der Waals surface area contributed by atoms with Crippen LogP contribution in [0.15, 0.2) is 30.3 Å². The van der Waals surface area contributed by atoms with Crippen molar-refractivity contribution in [1.82, 2.24) is 14.8 Å². The molecule has 5 rings (SSSR count). The molecule has 0 aliphatic carbocycles. The van der Waals surface area contributed by atoms with Gasteiger partial charge in [0.05, 0.1) is 19.7 Å². The maximum atomic E-state index is 15.5. The molecule has 2 aromatic carbocycles.